The monoisotopic (exact) mass is 371 g/mol. The summed E-state index contributed by atoms with van der Waals surface area (Å²) in [5.74, 6) is -0.472. The lowest BCUT2D eigenvalue weighted by molar-refractivity contribution is -0.137. The van der Waals surface area contributed by atoms with Crippen molar-refractivity contribution >= 4 is 33.4 Å². The molecule has 0 heterocycles. The van der Waals surface area contributed by atoms with E-state index in [4.69, 9.17) is 11.6 Å². The van der Waals surface area contributed by atoms with Crippen LogP contribution in [0.5, 0.6) is 0 Å². The van der Waals surface area contributed by atoms with Gasteiger partial charge in [0.1, 0.15) is 0 Å². The zero-order valence-corrected chi connectivity index (χ0v) is 13.3. The molecule has 0 saturated heterocycles. The minimum Gasteiger partial charge on any atom is -0.342 e. The van der Waals surface area contributed by atoms with Gasteiger partial charge in [0.25, 0.3) is 5.91 Å². The second kappa shape index (κ2) is 6.80. The zero-order chi connectivity index (χ0) is 15.5. The van der Waals surface area contributed by atoms with Gasteiger partial charge in [-0.15, -0.1) is 11.6 Å². The van der Waals surface area contributed by atoms with Crippen LogP contribution in [0.1, 0.15) is 29.3 Å². The lowest BCUT2D eigenvalue weighted by Gasteiger charge is -2.19. The molecule has 0 fully saturated rings. The maximum atomic E-state index is 12.7. The Bertz CT molecular complexity index is 491. The molecule has 0 radical (unpaired) electrons. The number of alkyl halides is 4. The van der Waals surface area contributed by atoms with Gasteiger partial charge in [-0.25, -0.2) is 0 Å². The molecule has 0 saturated carbocycles. The summed E-state index contributed by atoms with van der Waals surface area (Å²) in [5.41, 5.74) is -0.854. The normalized spacial score (nSPS) is 13.2. The predicted molar refractivity (Wildman–Crippen MR) is 76.0 cm³/mol. The molecule has 1 unspecified atom stereocenters. The topological polar surface area (TPSA) is 20.3 Å². The van der Waals surface area contributed by atoms with Crippen LogP contribution in [0.25, 0.3) is 0 Å². The highest BCUT2D eigenvalue weighted by Gasteiger charge is 2.32. The van der Waals surface area contributed by atoms with Crippen LogP contribution in [0.15, 0.2) is 22.7 Å². The quantitative estimate of drug-likeness (QED) is 0.710. The molecule has 1 atom stereocenters. The molecule has 7 heteroatoms. The third-order valence-corrected chi connectivity index (χ3v) is 3.64. The van der Waals surface area contributed by atoms with Crippen LogP contribution in [0.4, 0.5) is 13.2 Å². The highest BCUT2D eigenvalue weighted by atomic mass is 79.9. The largest absolute Gasteiger partial charge is 0.416 e. The highest BCUT2D eigenvalue weighted by molar-refractivity contribution is 9.10. The molecular weight excluding hydrogens is 358 g/mol. The first-order valence-electron chi connectivity index (χ1n) is 5.89. The van der Waals surface area contributed by atoms with E-state index in [0.29, 0.717) is 17.4 Å². The van der Waals surface area contributed by atoms with Crippen LogP contribution in [-0.4, -0.2) is 29.8 Å². The molecule has 1 aromatic rings. The van der Waals surface area contributed by atoms with E-state index >= 15 is 0 Å². The Morgan fingerprint density at radius 3 is 2.55 bits per heavy atom. The van der Waals surface area contributed by atoms with E-state index < -0.39 is 17.6 Å². The molecule has 1 amide bonds. The summed E-state index contributed by atoms with van der Waals surface area (Å²) >= 11 is 8.90. The van der Waals surface area contributed by atoms with Gasteiger partial charge >= 0.3 is 6.18 Å². The summed E-state index contributed by atoms with van der Waals surface area (Å²) in [4.78, 5) is 13.5. The average Bonchev–Trinajstić information content (AvgIpc) is 2.34. The van der Waals surface area contributed by atoms with Gasteiger partial charge in [0.05, 0.1) is 11.1 Å². The number of hydrogen-bond donors (Lipinski definition) is 0. The van der Waals surface area contributed by atoms with Crippen LogP contribution >= 0.6 is 27.5 Å². The summed E-state index contributed by atoms with van der Waals surface area (Å²) in [6.07, 6.45) is -3.90. The fraction of sp³-hybridized carbons (Fsp3) is 0.462. The van der Waals surface area contributed by atoms with Crippen molar-refractivity contribution in [2.24, 2.45) is 0 Å². The molecule has 2 nitrogen and oxygen atoms in total. The Morgan fingerprint density at radius 1 is 1.45 bits per heavy atom. The number of hydrogen-bond acceptors (Lipinski definition) is 1. The van der Waals surface area contributed by atoms with Crippen molar-refractivity contribution in [3.8, 4) is 0 Å². The summed E-state index contributed by atoms with van der Waals surface area (Å²) in [6.45, 7) is 2.17. The van der Waals surface area contributed by atoms with E-state index in [1.807, 2.05) is 0 Å². The second-order valence-electron chi connectivity index (χ2n) is 4.49. The smallest absolute Gasteiger partial charge is 0.342 e. The number of halogens is 5. The molecule has 0 aliphatic heterocycles. The van der Waals surface area contributed by atoms with Crippen molar-refractivity contribution in [2.75, 3.05) is 13.6 Å². The van der Waals surface area contributed by atoms with Crippen LogP contribution < -0.4 is 0 Å². The zero-order valence-electron chi connectivity index (χ0n) is 11.0. The summed E-state index contributed by atoms with van der Waals surface area (Å²) < 4.78 is 38.3. The van der Waals surface area contributed by atoms with Gasteiger partial charge in [0.15, 0.2) is 0 Å². The molecule has 112 valence electrons. The molecule has 1 rings (SSSR count). The number of amides is 1. The van der Waals surface area contributed by atoms with E-state index in [2.05, 4.69) is 15.9 Å². The van der Waals surface area contributed by atoms with Crippen LogP contribution in [-0.2, 0) is 6.18 Å². The van der Waals surface area contributed by atoms with E-state index in [1.165, 1.54) is 18.0 Å². The number of nitrogens with zero attached hydrogens (tertiary/aromatic N) is 1. The first-order valence-corrected chi connectivity index (χ1v) is 7.12. The van der Waals surface area contributed by atoms with E-state index in [1.54, 1.807) is 6.92 Å². The van der Waals surface area contributed by atoms with Crippen molar-refractivity contribution in [1.82, 2.24) is 4.90 Å². The molecule has 0 spiro atoms. The van der Waals surface area contributed by atoms with Gasteiger partial charge in [-0.2, -0.15) is 13.2 Å². The second-order valence-corrected chi connectivity index (χ2v) is 6.09. The van der Waals surface area contributed by atoms with Crippen LogP contribution in [0.3, 0.4) is 0 Å². The predicted octanol–water partition coefficient (Wildman–Crippen LogP) is 4.56. The molecule has 1 aromatic carbocycles. The lowest BCUT2D eigenvalue weighted by Crippen LogP contribution is -2.29. The number of carbonyl (C=O) groups is 1. The van der Waals surface area contributed by atoms with Gasteiger partial charge in [-0.1, -0.05) is 0 Å². The first-order chi connectivity index (χ1) is 9.12. The molecule has 0 aromatic heterocycles. The fourth-order valence-corrected chi connectivity index (χ4v) is 2.06. The average molecular weight is 373 g/mol. The molecule has 0 N–H and O–H groups in total. The maximum absolute atomic E-state index is 12.7. The van der Waals surface area contributed by atoms with Crippen molar-refractivity contribution in [2.45, 2.75) is 24.9 Å². The van der Waals surface area contributed by atoms with Gasteiger partial charge < -0.3 is 4.90 Å². The standard InChI is InChI=1S/C13H14BrClF3NO/c1-8(15)5-6-19(2)12(20)10-7-9(13(16,17)18)3-4-11(10)14/h3-4,7-8H,5-6H2,1-2H3. The van der Waals surface area contributed by atoms with Crippen molar-refractivity contribution in [1.29, 1.82) is 0 Å². The minimum atomic E-state index is -4.47. The first kappa shape index (κ1) is 17.3. The Morgan fingerprint density at radius 2 is 2.05 bits per heavy atom. The SMILES string of the molecule is CC(Cl)CCN(C)C(=O)c1cc(C(F)(F)F)ccc1Br. The number of benzene rings is 1. The van der Waals surface area contributed by atoms with Gasteiger partial charge in [-0.3, -0.25) is 4.79 Å². The Kier molecular flexibility index (Phi) is 5.89. The third-order valence-electron chi connectivity index (χ3n) is 2.73. The summed E-state index contributed by atoms with van der Waals surface area (Å²) in [6, 6.07) is 3.02. The van der Waals surface area contributed by atoms with E-state index in [9.17, 15) is 18.0 Å². The van der Waals surface area contributed by atoms with Crippen LogP contribution in [0, 0.1) is 0 Å². The Labute approximate surface area is 129 Å². The minimum absolute atomic E-state index is 0.00968. The third kappa shape index (κ3) is 4.66. The van der Waals surface area contributed by atoms with E-state index in [0.717, 1.165) is 12.1 Å². The van der Waals surface area contributed by atoms with Crippen molar-refractivity contribution in [3.05, 3.63) is 33.8 Å². The number of carbonyl (C=O) groups excluding carboxylic acids is 1. The lowest BCUT2D eigenvalue weighted by atomic mass is 10.1. The summed E-state index contributed by atoms with van der Waals surface area (Å²) in [7, 11) is 1.54. The molecule has 20 heavy (non-hydrogen) atoms. The number of rotatable bonds is 4. The molecule has 0 aliphatic rings. The van der Waals surface area contributed by atoms with Crippen molar-refractivity contribution in [3.63, 3.8) is 0 Å². The summed E-state index contributed by atoms with van der Waals surface area (Å²) in [5, 5.41) is -0.102. The molecule has 0 aliphatic carbocycles. The van der Waals surface area contributed by atoms with Gasteiger partial charge in [-0.05, 0) is 47.5 Å². The molecular formula is C13H14BrClF3NO. The molecule has 0 bridgehead atoms. The van der Waals surface area contributed by atoms with E-state index in [-0.39, 0.29) is 10.9 Å². The highest BCUT2D eigenvalue weighted by Crippen LogP contribution is 2.32. The van der Waals surface area contributed by atoms with Crippen LogP contribution in [0.2, 0.25) is 0 Å². The van der Waals surface area contributed by atoms with Crippen molar-refractivity contribution < 1.29 is 18.0 Å². The van der Waals surface area contributed by atoms with Gasteiger partial charge in [0, 0.05) is 23.4 Å². The Hall–Kier alpha value is -0.750. The fourth-order valence-electron chi connectivity index (χ4n) is 1.54. The maximum Gasteiger partial charge on any atom is 0.416 e. The Balaban J connectivity index is 2.97. The van der Waals surface area contributed by atoms with Gasteiger partial charge in [0.2, 0.25) is 0 Å².